The Kier molecular flexibility index (Phi) is 7.17. The predicted octanol–water partition coefficient (Wildman–Crippen LogP) is 3.46. The van der Waals surface area contributed by atoms with Gasteiger partial charge in [0, 0.05) is 25.3 Å². The molecule has 1 unspecified atom stereocenters. The molecule has 2 rings (SSSR count). The first-order chi connectivity index (χ1) is 10.3. The Balaban J connectivity index is 1.92. The van der Waals surface area contributed by atoms with E-state index in [2.05, 4.69) is 41.2 Å². The molecule has 1 aliphatic carbocycles. The van der Waals surface area contributed by atoms with Crippen LogP contribution in [-0.4, -0.2) is 35.6 Å². The Morgan fingerprint density at radius 1 is 1.29 bits per heavy atom. The summed E-state index contributed by atoms with van der Waals surface area (Å²) < 4.78 is 0. The zero-order chi connectivity index (χ0) is 14.9. The molecule has 1 N–H and O–H groups in total. The first-order valence-electron chi connectivity index (χ1n) is 8.69. The fraction of sp³-hybridized carbons (Fsp3) is 0.722. The summed E-state index contributed by atoms with van der Waals surface area (Å²) in [7, 11) is 0. The molecule has 0 saturated heterocycles. The molecule has 1 heterocycles. The van der Waals surface area contributed by atoms with Crippen molar-refractivity contribution < 1.29 is 0 Å². The van der Waals surface area contributed by atoms with Gasteiger partial charge in [-0.15, -0.1) is 0 Å². The van der Waals surface area contributed by atoms with E-state index in [-0.39, 0.29) is 0 Å². The van der Waals surface area contributed by atoms with E-state index in [0.29, 0.717) is 6.04 Å². The first kappa shape index (κ1) is 16.4. The Morgan fingerprint density at radius 3 is 2.71 bits per heavy atom. The number of rotatable bonds is 9. The molecule has 1 fully saturated rings. The molecular formula is C18H31N3. The van der Waals surface area contributed by atoms with Crippen LogP contribution in [0.2, 0.25) is 0 Å². The lowest BCUT2D eigenvalue weighted by Gasteiger charge is -2.31. The van der Waals surface area contributed by atoms with E-state index < -0.39 is 0 Å². The van der Waals surface area contributed by atoms with Crippen molar-refractivity contribution in [1.82, 2.24) is 15.2 Å². The van der Waals surface area contributed by atoms with Gasteiger partial charge in [0.15, 0.2) is 0 Å². The van der Waals surface area contributed by atoms with Crippen LogP contribution in [0.1, 0.15) is 51.6 Å². The maximum Gasteiger partial charge on any atom is 0.0543 e. The van der Waals surface area contributed by atoms with Gasteiger partial charge in [-0.05, 0) is 50.4 Å². The third-order valence-corrected chi connectivity index (χ3v) is 4.64. The van der Waals surface area contributed by atoms with Crippen molar-refractivity contribution in [1.29, 1.82) is 0 Å². The van der Waals surface area contributed by atoms with E-state index >= 15 is 0 Å². The Bertz CT molecular complexity index is 373. The van der Waals surface area contributed by atoms with Gasteiger partial charge < -0.3 is 5.32 Å². The van der Waals surface area contributed by atoms with Crippen LogP contribution in [0.25, 0.3) is 0 Å². The molecule has 0 aromatic carbocycles. The Hall–Kier alpha value is -0.930. The summed E-state index contributed by atoms with van der Waals surface area (Å²) in [5.41, 5.74) is 1.18. The summed E-state index contributed by atoms with van der Waals surface area (Å²) in [5, 5.41) is 3.80. The average molecular weight is 289 g/mol. The van der Waals surface area contributed by atoms with Crippen LogP contribution >= 0.6 is 0 Å². The van der Waals surface area contributed by atoms with E-state index in [4.69, 9.17) is 0 Å². The van der Waals surface area contributed by atoms with Gasteiger partial charge in [0.1, 0.15) is 0 Å². The monoisotopic (exact) mass is 289 g/mol. The molecule has 0 spiro atoms. The quantitative estimate of drug-likeness (QED) is 0.754. The first-order valence-corrected chi connectivity index (χ1v) is 8.69. The van der Waals surface area contributed by atoms with Crippen molar-refractivity contribution in [2.45, 2.75) is 58.5 Å². The lowest BCUT2D eigenvalue weighted by Crippen LogP contribution is -2.45. The van der Waals surface area contributed by atoms with E-state index in [9.17, 15) is 0 Å². The van der Waals surface area contributed by atoms with E-state index in [1.54, 1.807) is 0 Å². The fourth-order valence-electron chi connectivity index (χ4n) is 3.37. The van der Waals surface area contributed by atoms with Gasteiger partial charge in [-0.3, -0.25) is 9.88 Å². The Labute approximate surface area is 130 Å². The third kappa shape index (κ3) is 5.40. The van der Waals surface area contributed by atoms with Crippen LogP contribution in [0.15, 0.2) is 24.4 Å². The number of nitrogens with zero attached hydrogens (tertiary/aromatic N) is 2. The number of hydrogen-bond donors (Lipinski definition) is 1. The van der Waals surface area contributed by atoms with Crippen molar-refractivity contribution >= 4 is 0 Å². The van der Waals surface area contributed by atoms with Crippen LogP contribution in [-0.2, 0) is 6.54 Å². The fourth-order valence-corrected chi connectivity index (χ4v) is 3.37. The average Bonchev–Trinajstić information content (AvgIpc) is 3.05. The van der Waals surface area contributed by atoms with Gasteiger partial charge in [-0.2, -0.15) is 0 Å². The molecule has 3 nitrogen and oxygen atoms in total. The highest BCUT2D eigenvalue weighted by atomic mass is 15.2. The van der Waals surface area contributed by atoms with E-state index in [1.807, 2.05) is 12.3 Å². The van der Waals surface area contributed by atoms with Crippen LogP contribution < -0.4 is 5.32 Å². The second kappa shape index (κ2) is 9.16. The van der Waals surface area contributed by atoms with Crippen LogP contribution in [0, 0.1) is 5.92 Å². The van der Waals surface area contributed by atoms with Crippen molar-refractivity contribution in [3.63, 3.8) is 0 Å². The van der Waals surface area contributed by atoms with Crippen molar-refractivity contribution in [3.8, 4) is 0 Å². The minimum Gasteiger partial charge on any atom is -0.312 e. The number of likely N-dealkylation sites (N-methyl/N-ethyl adjacent to an activating group) is 1. The van der Waals surface area contributed by atoms with Crippen LogP contribution in [0.3, 0.4) is 0 Å². The summed E-state index contributed by atoms with van der Waals surface area (Å²) in [6.07, 6.45) is 8.76. The number of aromatic nitrogens is 1. The van der Waals surface area contributed by atoms with Gasteiger partial charge in [-0.1, -0.05) is 32.8 Å². The van der Waals surface area contributed by atoms with Crippen molar-refractivity contribution in [2.75, 3.05) is 19.6 Å². The maximum absolute atomic E-state index is 4.47. The summed E-state index contributed by atoms with van der Waals surface area (Å²) in [4.78, 5) is 7.01. The Morgan fingerprint density at radius 2 is 2.10 bits per heavy atom. The molecular weight excluding hydrogens is 258 g/mol. The smallest absolute Gasteiger partial charge is 0.0543 e. The van der Waals surface area contributed by atoms with E-state index in [0.717, 1.165) is 32.1 Å². The van der Waals surface area contributed by atoms with Crippen LogP contribution in [0.5, 0.6) is 0 Å². The minimum absolute atomic E-state index is 0.649. The number of nitrogens with one attached hydrogen (secondary N) is 1. The van der Waals surface area contributed by atoms with Gasteiger partial charge in [0.2, 0.25) is 0 Å². The summed E-state index contributed by atoms with van der Waals surface area (Å²) in [6.45, 7) is 8.86. The molecule has 1 aromatic rings. The topological polar surface area (TPSA) is 28.2 Å². The zero-order valence-corrected chi connectivity index (χ0v) is 13.7. The van der Waals surface area contributed by atoms with Gasteiger partial charge in [0.25, 0.3) is 0 Å². The molecule has 0 aliphatic heterocycles. The number of pyridine rings is 1. The van der Waals surface area contributed by atoms with Gasteiger partial charge in [0.05, 0.1) is 5.69 Å². The summed E-state index contributed by atoms with van der Waals surface area (Å²) >= 11 is 0. The van der Waals surface area contributed by atoms with E-state index in [1.165, 1.54) is 37.8 Å². The molecule has 1 aromatic heterocycles. The lowest BCUT2D eigenvalue weighted by molar-refractivity contribution is 0.207. The SMILES string of the molecule is CCCNC(CN(CC)Cc1ccccn1)C1CCCC1. The normalized spacial score (nSPS) is 17.5. The van der Waals surface area contributed by atoms with Gasteiger partial charge >= 0.3 is 0 Å². The minimum atomic E-state index is 0.649. The molecule has 1 saturated carbocycles. The summed E-state index contributed by atoms with van der Waals surface area (Å²) in [5.74, 6) is 0.870. The van der Waals surface area contributed by atoms with Gasteiger partial charge in [-0.25, -0.2) is 0 Å². The predicted molar refractivity (Wildman–Crippen MR) is 89.2 cm³/mol. The highest BCUT2D eigenvalue weighted by Crippen LogP contribution is 2.28. The number of hydrogen-bond acceptors (Lipinski definition) is 3. The van der Waals surface area contributed by atoms with Crippen molar-refractivity contribution in [2.24, 2.45) is 5.92 Å². The molecule has 1 aliphatic rings. The summed E-state index contributed by atoms with van der Waals surface area (Å²) in [6, 6.07) is 6.85. The molecule has 21 heavy (non-hydrogen) atoms. The second-order valence-corrected chi connectivity index (χ2v) is 6.25. The van der Waals surface area contributed by atoms with Crippen molar-refractivity contribution in [3.05, 3.63) is 30.1 Å². The molecule has 0 amide bonds. The molecule has 1 atom stereocenters. The molecule has 118 valence electrons. The zero-order valence-electron chi connectivity index (χ0n) is 13.7. The van der Waals surface area contributed by atoms with Crippen LogP contribution in [0.4, 0.5) is 0 Å². The highest BCUT2D eigenvalue weighted by Gasteiger charge is 2.25. The third-order valence-electron chi connectivity index (χ3n) is 4.64. The molecule has 0 radical (unpaired) electrons. The second-order valence-electron chi connectivity index (χ2n) is 6.25. The lowest BCUT2D eigenvalue weighted by atomic mass is 9.97. The molecule has 3 heteroatoms. The molecule has 0 bridgehead atoms. The largest absolute Gasteiger partial charge is 0.312 e. The standard InChI is InChI=1S/C18H31N3/c1-3-12-20-18(16-9-5-6-10-16)15-21(4-2)14-17-11-7-8-13-19-17/h7-8,11,13,16,18,20H,3-6,9-10,12,14-15H2,1-2H3. The highest BCUT2D eigenvalue weighted by molar-refractivity contribution is 5.03. The maximum atomic E-state index is 4.47.